The van der Waals surface area contributed by atoms with Gasteiger partial charge in [-0.25, -0.2) is 4.39 Å². The summed E-state index contributed by atoms with van der Waals surface area (Å²) in [4.78, 5) is 16.8. The highest BCUT2D eigenvalue weighted by Crippen LogP contribution is 2.51. The maximum Gasteiger partial charge on any atom is 0.417 e. The van der Waals surface area contributed by atoms with Crippen LogP contribution in [0.25, 0.3) is 0 Å². The van der Waals surface area contributed by atoms with Crippen LogP contribution in [0.2, 0.25) is 0 Å². The molecular weight excluding hydrogens is 455 g/mol. The molecule has 12 heteroatoms. The standard InChI is InChI=1S/C21H21F5N2O5/c1-20(21(24,25)26)7-12(11-4-5-13(22)16(23)17(11)32-2)18(33-20)19(31)28-10-3-6-14(27-8-10)15(30)9-29/h3-6,8,12,15,18,29-30H,7,9H2,1-2H3,(H,28,31)/t12-,15+,18+,20+/m1/s1. The highest BCUT2D eigenvalue weighted by Gasteiger charge is 2.61. The number of methoxy groups -OCH3 is 1. The third-order valence-corrected chi connectivity index (χ3v) is 5.47. The van der Waals surface area contributed by atoms with Gasteiger partial charge in [0.2, 0.25) is 5.82 Å². The summed E-state index contributed by atoms with van der Waals surface area (Å²) in [5.74, 6) is -5.55. The molecule has 0 saturated carbocycles. The Morgan fingerprint density at radius 3 is 2.58 bits per heavy atom. The van der Waals surface area contributed by atoms with E-state index in [1.807, 2.05) is 0 Å². The molecule has 0 spiro atoms. The Labute approximate surface area is 185 Å². The van der Waals surface area contributed by atoms with Crippen LogP contribution < -0.4 is 10.1 Å². The molecule has 0 radical (unpaired) electrons. The summed E-state index contributed by atoms with van der Waals surface area (Å²) in [5.41, 5.74) is -2.69. The number of carbonyl (C=O) groups excluding carboxylic acids is 1. The molecule has 1 aliphatic rings. The van der Waals surface area contributed by atoms with Crippen LogP contribution in [-0.4, -0.2) is 52.7 Å². The number of alkyl halides is 3. The summed E-state index contributed by atoms with van der Waals surface area (Å²) >= 11 is 0. The minimum Gasteiger partial charge on any atom is -0.493 e. The van der Waals surface area contributed by atoms with Gasteiger partial charge in [0.05, 0.1) is 31.3 Å². The van der Waals surface area contributed by atoms with Gasteiger partial charge in [-0.15, -0.1) is 0 Å². The van der Waals surface area contributed by atoms with Crippen molar-refractivity contribution in [2.45, 2.75) is 43.2 Å². The van der Waals surface area contributed by atoms with Crippen molar-refractivity contribution in [1.29, 1.82) is 0 Å². The number of aromatic nitrogens is 1. The number of rotatable bonds is 6. The average molecular weight is 476 g/mol. The molecule has 3 N–H and O–H groups in total. The van der Waals surface area contributed by atoms with E-state index in [0.29, 0.717) is 0 Å². The predicted molar refractivity (Wildman–Crippen MR) is 105 cm³/mol. The van der Waals surface area contributed by atoms with E-state index in [2.05, 4.69) is 10.3 Å². The smallest absolute Gasteiger partial charge is 0.417 e. The zero-order valence-corrected chi connectivity index (χ0v) is 17.5. The molecule has 1 amide bonds. The molecule has 1 fully saturated rings. The number of nitrogens with zero attached hydrogens (tertiary/aromatic N) is 1. The number of amides is 1. The molecule has 33 heavy (non-hydrogen) atoms. The van der Waals surface area contributed by atoms with Gasteiger partial charge in [-0.1, -0.05) is 6.07 Å². The molecule has 3 rings (SSSR count). The Kier molecular flexibility index (Phi) is 6.91. The highest BCUT2D eigenvalue weighted by molar-refractivity contribution is 5.95. The fourth-order valence-electron chi connectivity index (χ4n) is 3.66. The van der Waals surface area contributed by atoms with Crippen LogP contribution in [0, 0.1) is 11.6 Å². The molecule has 0 bridgehead atoms. The molecule has 4 atom stereocenters. The molecule has 2 aromatic rings. The number of benzene rings is 1. The van der Waals surface area contributed by atoms with Gasteiger partial charge in [0.25, 0.3) is 5.91 Å². The lowest BCUT2D eigenvalue weighted by atomic mass is 9.85. The van der Waals surface area contributed by atoms with Gasteiger partial charge in [0.15, 0.2) is 17.2 Å². The number of carbonyl (C=O) groups is 1. The summed E-state index contributed by atoms with van der Waals surface area (Å²) < 4.78 is 79.0. The summed E-state index contributed by atoms with van der Waals surface area (Å²) in [6.07, 6.45) is -7.42. The lowest BCUT2D eigenvalue weighted by molar-refractivity contribution is -0.261. The zero-order chi connectivity index (χ0) is 24.6. The van der Waals surface area contributed by atoms with Crippen molar-refractivity contribution in [2.75, 3.05) is 19.0 Å². The Morgan fingerprint density at radius 2 is 2.03 bits per heavy atom. The van der Waals surface area contributed by atoms with Crippen LogP contribution >= 0.6 is 0 Å². The fraction of sp³-hybridized carbons (Fsp3) is 0.429. The van der Waals surface area contributed by atoms with Gasteiger partial charge in [0.1, 0.15) is 12.2 Å². The van der Waals surface area contributed by atoms with Gasteiger partial charge in [-0.05, 0) is 31.5 Å². The molecule has 0 aliphatic carbocycles. The van der Waals surface area contributed by atoms with E-state index in [-0.39, 0.29) is 16.9 Å². The highest BCUT2D eigenvalue weighted by atomic mass is 19.4. The molecule has 180 valence electrons. The van der Waals surface area contributed by atoms with E-state index in [9.17, 15) is 31.9 Å². The minimum absolute atomic E-state index is 0.0779. The molecule has 1 aliphatic heterocycles. The largest absolute Gasteiger partial charge is 0.493 e. The number of nitrogens with one attached hydrogen (secondary N) is 1. The van der Waals surface area contributed by atoms with Crippen molar-refractivity contribution in [3.05, 3.63) is 53.4 Å². The van der Waals surface area contributed by atoms with E-state index in [1.165, 1.54) is 12.1 Å². The quantitative estimate of drug-likeness (QED) is 0.554. The third-order valence-electron chi connectivity index (χ3n) is 5.47. The molecule has 1 aromatic carbocycles. The molecule has 7 nitrogen and oxygen atoms in total. The van der Waals surface area contributed by atoms with E-state index < -0.39 is 66.2 Å². The molecule has 0 unspecified atom stereocenters. The van der Waals surface area contributed by atoms with Gasteiger partial charge >= 0.3 is 6.18 Å². The molecule has 1 saturated heterocycles. The van der Waals surface area contributed by atoms with Crippen LogP contribution in [0.1, 0.15) is 36.6 Å². The lowest BCUT2D eigenvalue weighted by Crippen LogP contribution is -2.43. The topological polar surface area (TPSA) is 101 Å². The lowest BCUT2D eigenvalue weighted by Gasteiger charge is -2.27. The summed E-state index contributed by atoms with van der Waals surface area (Å²) in [6, 6.07) is 4.42. The Hall–Kier alpha value is -2.83. The van der Waals surface area contributed by atoms with Crippen molar-refractivity contribution in [2.24, 2.45) is 0 Å². The first-order valence-corrected chi connectivity index (χ1v) is 9.74. The van der Waals surface area contributed by atoms with Gasteiger partial charge < -0.3 is 25.0 Å². The second-order valence-corrected chi connectivity index (χ2v) is 7.72. The SMILES string of the molecule is COc1c([C@H]2C[C@@](C)(C(F)(F)F)O[C@@H]2C(=O)Nc2ccc([C@@H](O)CO)nc2)ccc(F)c1F. The fourth-order valence-corrected chi connectivity index (χ4v) is 3.66. The maximum atomic E-state index is 14.2. The summed E-state index contributed by atoms with van der Waals surface area (Å²) in [7, 11) is 1.03. The first-order chi connectivity index (χ1) is 15.4. The van der Waals surface area contributed by atoms with Crippen molar-refractivity contribution < 1.29 is 46.4 Å². The first kappa shape index (κ1) is 24.8. The van der Waals surface area contributed by atoms with Crippen LogP contribution in [0.3, 0.4) is 0 Å². The summed E-state index contributed by atoms with van der Waals surface area (Å²) in [6.45, 7) is 0.189. The van der Waals surface area contributed by atoms with Crippen molar-refractivity contribution in [3.8, 4) is 5.75 Å². The number of aliphatic hydroxyl groups excluding tert-OH is 2. The van der Waals surface area contributed by atoms with Crippen molar-refractivity contribution in [1.82, 2.24) is 4.98 Å². The monoisotopic (exact) mass is 476 g/mol. The molecule has 1 aromatic heterocycles. The minimum atomic E-state index is -4.85. The van der Waals surface area contributed by atoms with Crippen LogP contribution in [0.15, 0.2) is 30.5 Å². The number of aliphatic hydroxyl groups is 2. The number of hydrogen-bond acceptors (Lipinski definition) is 6. The van der Waals surface area contributed by atoms with Crippen molar-refractivity contribution >= 4 is 11.6 Å². The predicted octanol–water partition coefficient (Wildman–Crippen LogP) is 3.23. The van der Waals surface area contributed by atoms with Gasteiger partial charge in [-0.2, -0.15) is 17.6 Å². The Bertz CT molecular complexity index is 1020. The molecule has 2 heterocycles. The number of anilines is 1. The van der Waals surface area contributed by atoms with Gasteiger partial charge in [0, 0.05) is 11.5 Å². The van der Waals surface area contributed by atoms with Crippen molar-refractivity contribution in [3.63, 3.8) is 0 Å². The third kappa shape index (κ3) is 4.77. The Balaban J connectivity index is 1.95. The zero-order valence-electron chi connectivity index (χ0n) is 17.5. The second kappa shape index (κ2) is 9.20. The number of hydrogen-bond donors (Lipinski definition) is 3. The summed E-state index contributed by atoms with van der Waals surface area (Å²) in [5, 5.41) is 20.9. The van der Waals surface area contributed by atoms with Crippen LogP contribution in [-0.2, 0) is 9.53 Å². The first-order valence-electron chi connectivity index (χ1n) is 9.74. The maximum absolute atomic E-state index is 14.2. The Morgan fingerprint density at radius 1 is 1.33 bits per heavy atom. The van der Waals surface area contributed by atoms with Gasteiger partial charge in [-0.3, -0.25) is 9.78 Å². The number of ether oxygens (including phenoxy) is 2. The van der Waals surface area contributed by atoms with E-state index in [1.54, 1.807) is 0 Å². The van der Waals surface area contributed by atoms with E-state index >= 15 is 0 Å². The van der Waals surface area contributed by atoms with Crippen LogP contribution in [0.4, 0.5) is 27.6 Å². The normalized spacial score (nSPS) is 23.9. The van der Waals surface area contributed by atoms with E-state index in [0.717, 1.165) is 32.4 Å². The average Bonchev–Trinajstić information content (AvgIpc) is 3.14. The van der Waals surface area contributed by atoms with Crippen LogP contribution in [0.5, 0.6) is 5.75 Å². The number of halogens is 5. The van der Waals surface area contributed by atoms with E-state index in [4.69, 9.17) is 14.6 Å². The molecular formula is C21H21F5N2O5. The number of pyridine rings is 1. The second-order valence-electron chi connectivity index (χ2n) is 7.72.